The normalized spacial score (nSPS) is 24.7. The van der Waals surface area contributed by atoms with Crippen molar-refractivity contribution >= 4 is 17.3 Å². The Hall–Kier alpha value is -1.75. The summed E-state index contributed by atoms with van der Waals surface area (Å²) in [6.07, 6.45) is 3.13. The van der Waals surface area contributed by atoms with Crippen LogP contribution in [0.5, 0.6) is 5.75 Å². The second-order valence-corrected chi connectivity index (χ2v) is 6.24. The Kier molecular flexibility index (Phi) is 3.22. The van der Waals surface area contributed by atoms with E-state index in [-0.39, 0.29) is 11.9 Å². The molecule has 1 aromatic carbocycles. The maximum absolute atomic E-state index is 12.0. The van der Waals surface area contributed by atoms with Crippen LogP contribution in [-0.4, -0.2) is 38.2 Å². The number of ether oxygens (including phenoxy) is 1. The molecule has 2 aliphatic heterocycles. The number of carbonyl (C=O) groups is 1. The average Bonchev–Trinajstić information content (AvgIpc) is 3.31. The fraction of sp³-hybridized carbons (Fsp3) is 0.562. The minimum atomic E-state index is 0.0964. The van der Waals surface area contributed by atoms with Crippen LogP contribution in [0.4, 0.5) is 11.4 Å². The van der Waals surface area contributed by atoms with Crippen molar-refractivity contribution in [2.24, 2.45) is 5.92 Å². The molecule has 2 N–H and O–H groups in total. The molecule has 5 nitrogen and oxygen atoms in total. The number of amides is 1. The third-order valence-electron chi connectivity index (χ3n) is 4.51. The third kappa shape index (κ3) is 2.70. The SMILES string of the molecule is O=C1C[C@H]2CNCCN2c2cc(OCC3CC3)ccc2N1. The molecule has 0 radical (unpaired) electrons. The summed E-state index contributed by atoms with van der Waals surface area (Å²) in [5.41, 5.74) is 2.00. The fourth-order valence-electron chi connectivity index (χ4n) is 3.12. The van der Waals surface area contributed by atoms with Crippen molar-refractivity contribution < 1.29 is 9.53 Å². The molecule has 1 saturated heterocycles. The zero-order valence-electron chi connectivity index (χ0n) is 12.1. The molecule has 1 saturated carbocycles. The minimum Gasteiger partial charge on any atom is -0.493 e. The molecule has 4 rings (SSSR count). The average molecular weight is 287 g/mol. The quantitative estimate of drug-likeness (QED) is 0.886. The highest BCUT2D eigenvalue weighted by molar-refractivity contribution is 5.97. The summed E-state index contributed by atoms with van der Waals surface area (Å²) in [7, 11) is 0. The molecule has 0 spiro atoms. The first-order valence-corrected chi connectivity index (χ1v) is 7.83. The van der Waals surface area contributed by atoms with Gasteiger partial charge in [-0.15, -0.1) is 0 Å². The van der Waals surface area contributed by atoms with Crippen LogP contribution in [0.3, 0.4) is 0 Å². The highest BCUT2D eigenvalue weighted by Crippen LogP contribution is 2.36. The number of benzene rings is 1. The van der Waals surface area contributed by atoms with E-state index in [0.29, 0.717) is 6.42 Å². The summed E-state index contributed by atoms with van der Waals surface area (Å²) >= 11 is 0. The molecular weight excluding hydrogens is 266 g/mol. The maximum Gasteiger partial charge on any atom is 0.226 e. The van der Waals surface area contributed by atoms with Gasteiger partial charge < -0.3 is 20.3 Å². The molecule has 1 atom stereocenters. The Morgan fingerprint density at radius 3 is 3.10 bits per heavy atom. The highest BCUT2D eigenvalue weighted by Gasteiger charge is 2.30. The van der Waals surface area contributed by atoms with Crippen molar-refractivity contribution in [3.63, 3.8) is 0 Å². The Labute approximate surface area is 124 Å². The lowest BCUT2D eigenvalue weighted by atomic mass is 10.1. The van der Waals surface area contributed by atoms with Crippen LogP contribution in [0, 0.1) is 5.92 Å². The molecule has 0 aromatic heterocycles. The second kappa shape index (κ2) is 5.22. The molecule has 2 heterocycles. The van der Waals surface area contributed by atoms with Crippen molar-refractivity contribution in [1.29, 1.82) is 0 Å². The van der Waals surface area contributed by atoms with Gasteiger partial charge in [-0.05, 0) is 30.9 Å². The molecule has 21 heavy (non-hydrogen) atoms. The van der Waals surface area contributed by atoms with Gasteiger partial charge in [-0.1, -0.05) is 0 Å². The van der Waals surface area contributed by atoms with Gasteiger partial charge in [-0.25, -0.2) is 0 Å². The van der Waals surface area contributed by atoms with E-state index in [2.05, 4.69) is 21.6 Å². The summed E-state index contributed by atoms with van der Waals surface area (Å²) in [6, 6.07) is 6.25. The molecule has 1 aromatic rings. The molecule has 0 unspecified atom stereocenters. The molecule has 2 fully saturated rings. The lowest BCUT2D eigenvalue weighted by Crippen LogP contribution is -2.51. The van der Waals surface area contributed by atoms with Gasteiger partial charge in [0.05, 0.1) is 24.0 Å². The lowest BCUT2D eigenvalue weighted by molar-refractivity contribution is -0.116. The predicted molar refractivity (Wildman–Crippen MR) is 81.9 cm³/mol. The highest BCUT2D eigenvalue weighted by atomic mass is 16.5. The van der Waals surface area contributed by atoms with Gasteiger partial charge in [0, 0.05) is 32.1 Å². The second-order valence-electron chi connectivity index (χ2n) is 6.24. The van der Waals surface area contributed by atoms with Gasteiger partial charge in [0.1, 0.15) is 5.75 Å². The Balaban J connectivity index is 1.62. The first kappa shape index (κ1) is 13.0. The number of piperazine rings is 1. The Bertz CT molecular complexity index is 556. The largest absolute Gasteiger partial charge is 0.493 e. The van der Waals surface area contributed by atoms with Crippen molar-refractivity contribution in [3.05, 3.63) is 18.2 Å². The summed E-state index contributed by atoms with van der Waals surface area (Å²) in [4.78, 5) is 14.4. The number of carbonyl (C=O) groups excluding carboxylic acids is 1. The lowest BCUT2D eigenvalue weighted by Gasteiger charge is -2.36. The van der Waals surface area contributed by atoms with Crippen LogP contribution in [0.15, 0.2) is 18.2 Å². The van der Waals surface area contributed by atoms with Crippen LogP contribution < -0.4 is 20.3 Å². The summed E-state index contributed by atoms with van der Waals surface area (Å²) in [5.74, 6) is 1.75. The van der Waals surface area contributed by atoms with Crippen LogP contribution in [0.2, 0.25) is 0 Å². The smallest absolute Gasteiger partial charge is 0.226 e. The molecular formula is C16H21N3O2. The van der Waals surface area contributed by atoms with Crippen LogP contribution >= 0.6 is 0 Å². The van der Waals surface area contributed by atoms with Crippen molar-refractivity contribution in [2.75, 3.05) is 36.5 Å². The maximum atomic E-state index is 12.0. The third-order valence-corrected chi connectivity index (χ3v) is 4.51. The molecule has 3 aliphatic rings. The number of anilines is 2. The number of fused-ring (bicyclic) bond motifs is 3. The topological polar surface area (TPSA) is 53.6 Å². The van der Waals surface area contributed by atoms with E-state index in [1.807, 2.05) is 12.1 Å². The Morgan fingerprint density at radius 2 is 2.24 bits per heavy atom. The van der Waals surface area contributed by atoms with E-state index in [4.69, 9.17) is 4.74 Å². The van der Waals surface area contributed by atoms with E-state index in [1.54, 1.807) is 0 Å². The summed E-state index contributed by atoms with van der Waals surface area (Å²) in [6.45, 7) is 3.56. The van der Waals surface area contributed by atoms with Gasteiger partial charge >= 0.3 is 0 Å². The number of hydrogen-bond donors (Lipinski definition) is 2. The number of rotatable bonds is 3. The van der Waals surface area contributed by atoms with E-state index < -0.39 is 0 Å². The standard InChI is InChI=1S/C16H21N3O2/c20-16-7-12-9-17-5-6-19(12)15-8-13(3-4-14(15)18-16)21-10-11-1-2-11/h3-4,8,11-12,17H,1-2,5-7,9-10H2,(H,18,20)/t12-/m0/s1. The van der Waals surface area contributed by atoms with Gasteiger partial charge in [-0.3, -0.25) is 4.79 Å². The van der Waals surface area contributed by atoms with E-state index in [9.17, 15) is 4.79 Å². The molecule has 0 bridgehead atoms. The van der Waals surface area contributed by atoms with Gasteiger partial charge in [-0.2, -0.15) is 0 Å². The predicted octanol–water partition coefficient (Wildman–Crippen LogP) is 1.60. The molecule has 5 heteroatoms. The fourth-order valence-corrected chi connectivity index (χ4v) is 3.12. The van der Waals surface area contributed by atoms with Gasteiger partial charge in [0.25, 0.3) is 0 Å². The zero-order valence-corrected chi connectivity index (χ0v) is 12.1. The first-order chi connectivity index (χ1) is 10.3. The Morgan fingerprint density at radius 1 is 1.33 bits per heavy atom. The van der Waals surface area contributed by atoms with Crippen molar-refractivity contribution in [1.82, 2.24) is 5.32 Å². The van der Waals surface area contributed by atoms with Crippen LogP contribution in [0.25, 0.3) is 0 Å². The first-order valence-electron chi connectivity index (χ1n) is 7.83. The van der Waals surface area contributed by atoms with Crippen LogP contribution in [-0.2, 0) is 4.79 Å². The van der Waals surface area contributed by atoms with E-state index in [1.165, 1.54) is 12.8 Å². The minimum absolute atomic E-state index is 0.0964. The number of nitrogens with one attached hydrogen (secondary N) is 2. The zero-order chi connectivity index (χ0) is 14.2. The molecule has 112 valence electrons. The molecule has 1 amide bonds. The summed E-state index contributed by atoms with van der Waals surface area (Å²) < 4.78 is 5.89. The van der Waals surface area contributed by atoms with Gasteiger partial charge in [0.15, 0.2) is 0 Å². The van der Waals surface area contributed by atoms with E-state index >= 15 is 0 Å². The number of hydrogen-bond acceptors (Lipinski definition) is 4. The number of nitrogens with zero attached hydrogens (tertiary/aromatic N) is 1. The van der Waals surface area contributed by atoms with E-state index in [0.717, 1.165) is 49.3 Å². The monoisotopic (exact) mass is 287 g/mol. The van der Waals surface area contributed by atoms with Crippen LogP contribution in [0.1, 0.15) is 19.3 Å². The van der Waals surface area contributed by atoms with Crippen molar-refractivity contribution in [3.8, 4) is 5.75 Å². The van der Waals surface area contributed by atoms with Crippen molar-refractivity contribution in [2.45, 2.75) is 25.3 Å². The van der Waals surface area contributed by atoms with Gasteiger partial charge in [0.2, 0.25) is 5.91 Å². The molecule has 1 aliphatic carbocycles. The summed E-state index contributed by atoms with van der Waals surface area (Å²) in [5, 5.41) is 6.39.